The summed E-state index contributed by atoms with van der Waals surface area (Å²) >= 11 is 0. The smallest absolute Gasteiger partial charge is 0.279 e. The van der Waals surface area contributed by atoms with Gasteiger partial charge in [-0.05, 0) is 49.3 Å². The van der Waals surface area contributed by atoms with Gasteiger partial charge < -0.3 is 14.1 Å². The minimum Gasteiger partial charge on any atom is -0.356 e. The van der Waals surface area contributed by atoms with Gasteiger partial charge in [0.05, 0.1) is 18.2 Å². The number of rotatable bonds is 4. The number of fused-ring (bicyclic) bond motifs is 1. The maximum atomic E-state index is 13.1. The van der Waals surface area contributed by atoms with Crippen molar-refractivity contribution in [3.63, 3.8) is 0 Å². The molecule has 2 aliphatic carbocycles. The van der Waals surface area contributed by atoms with Crippen molar-refractivity contribution in [1.29, 1.82) is 0 Å². The van der Waals surface area contributed by atoms with Gasteiger partial charge in [-0.1, -0.05) is 24.6 Å². The van der Waals surface area contributed by atoms with Crippen molar-refractivity contribution in [3.05, 3.63) is 83.3 Å². The highest BCUT2D eigenvalue weighted by atomic mass is 16.1. The molecule has 4 heterocycles. The van der Waals surface area contributed by atoms with Crippen molar-refractivity contribution in [3.8, 4) is 16.9 Å². The molecule has 1 aromatic carbocycles. The second kappa shape index (κ2) is 8.69. The highest BCUT2D eigenvalue weighted by Gasteiger charge is 2.29. The van der Waals surface area contributed by atoms with Gasteiger partial charge in [-0.25, -0.2) is 4.98 Å². The molecule has 8 nitrogen and oxygen atoms in total. The first kappa shape index (κ1) is 21.6. The number of H-pyrrole nitrogens is 1. The Balaban J connectivity index is 0.000000191. The Hall–Kier alpha value is -3.94. The zero-order chi connectivity index (χ0) is 23.9. The molecule has 2 saturated carbocycles. The molecule has 7 rings (SSSR count). The van der Waals surface area contributed by atoms with E-state index < -0.39 is 0 Å². The fourth-order valence-electron chi connectivity index (χ4n) is 4.91. The Kier molecular flexibility index (Phi) is 5.36. The monoisotopic (exact) mass is 467 g/mol. The second-order valence-electron chi connectivity index (χ2n) is 9.64. The van der Waals surface area contributed by atoms with Gasteiger partial charge in [-0.15, -0.1) is 10.2 Å². The van der Waals surface area contributed by atoms with Crippen molar-refractivity contribution in [1.82, 2.24) is 33.9 Å². The van der Waals surface area contributed by atoms with Crippen molar-refractivity contribution >= 4 is 10.9 Å². The zero-order valence-corrected chi connectivity index (χ0v) is 20.1. The van der Waals surface area contributed by atoms with Crippen LogP contribution in [0.15, 0.2) is 66.4 Å². The van der Waals surface area contributed by atoms with Crippen LogP contribution in [-0.4, -0.2) is 33.9 Å². The molecular weight excluding hydrogens is 438 g/mol. The first-order valence-electron chi connectivity index (χ1n) is 12.2. The number of nitrogens with one attached hydrogen (secondary N) is 1. The maximum absolute atomic E-state index is 13.1. The number of aromatic amines is 1. The van der Waals surface area contributed by atoms with E-state index in [1.807, 2.05) is 72.2 Å². The van der Waals surface area contributed by atoms with Gasteiger partial charge in [0.15, 0.2) is 0 Å². The Bertz CT molecular complexity index is 1530. The number of para-hydroxylation sites is 1. The Labute approximate surface area is 203 Å². The van der Waals surface area contributed by atoms with E-state index in [2.05, 4.69) is 20.2 Å². The predicted molar refractivity (Wildman–Crippen MR) is 136 cm³/mol. The molecule has 5 aromatic rings. The van der Waals surface area contributed by atoms with Crippen molar-refractivity contribution in [2.24, 2.45) is 14.1 Å². The van der Waals surface area contributed by atoms with Crippen LogP contribution in [0.5, 0.6) is 0 Å². The number of imidazole rings is 1. The fraction of sp³-hybridized carbons (Fsp3) is 0.333. The van der Waals surface area contributed by atoms with Gasteiger partial charge in [0, 0.05) is 49.0 Å². The van der Waals surface area contributed by atoms with Gasteiger partial charge >= 0.3 is 0 Å². The molecule has 0 saturated heterocycles. The molecule has 2 fully saturated rings. The first-order chi connectivity index (χ1) is 17.1. The van der Waals surface area contributed by atoms with Gasteiger partial charge in [0.2, 0.25) is 0 Å². The van der Waals surface area contributed by atoms with Crippen molar-refractivity contribution in [2.75, 3.05) is 0 Å². The molecule has 8 heteroatoms. The van der Waals surface area contributed by atoms with Crippen LogP contribution in [-0.2, 0) is 14.1 Å². The third kappa shape index (κ3) is 3.88. The average molecular weight is 468 g/mol. The number of benzene rings is 1. The lowest BCUT2D eigenvalue weighted by molar-refractivity contribution is 0.392. The van der Waals surface area contributed by atoms with Crippen LogP contribution in [0.4, 0.5) is 0 Å². The van der Waals surface area contributed by atoms with Crippen LogP contribution in [0, 0.1) is 0 Å². The third-order valence-corrected chi connectivity index (χ3v) is 7.23. The molecule has 0 spiro atoms. The zero-order valence-electron chi connectivity index (χ0n) is 20.1. The number of aryl methyl sites for hydroxylation is 2. The number of pyridine rings is 1. The Morgan fingerprint density at radius 2 is 1.77 bits per heavy atom. The minimum absolute atomic E-state index is 0.0148. The van der Waals surface area contributed by atoms with Gasteiger partial charge in [-0.2, -0.15) is 0 Å². The number of aromatic nitrogens is 7. The predicted octanol–water partition coefficient (Wildman–Crippen LogP) is 4.68. The normalized spacial score (nSPS) is 15.6. The molecular formula is C27H29N7O. The lowest BCUT2D eigenvalue weighted by Crippen LogP contribution is -2.19. The van der Waals surface area contributed by atoms with Gasteiger partial charge in [-0.3, -0.25) is 9.36 Å². The molecule has 0 aliphatic heterocycles. The number of nitrogens with zero attached hydrogens (tertiary/aromatic N) is 6. The van der Waals surface area contributed by atoms with E-state index in [0.717, 1.165) is 28.2 Å². The van der Waals surface area contributed by atoms with Crippen LogP contribution in [0.1, 0.15) is 55.3 Å². The van der Waals surface area contributed by atoms with E-state index in [1.54, 1.807) is 17.2 Å². The number of hydrogen-bond donors (Lipinski definition) is 1. The maximum Gasteiger partial charge on any atom is 0.279 e. The molecule has 0 unspecified atom stereocenters. The van der Waals surface area contributed by atoms with E-state index in [-0.39, 0.29) is 5.56 Å². The molecule has 4 aromatic heterocycles. The average Bonchev–Trinajstić information content (AvgIpc) is 3.22. The topological polar surface area (TPSA) is 86.3 Å². The lowest BCUT2D eigenvalue weighted by Gasteiger charge is -2.23. The highest BCUT2D eigenvalue weighted by Crippen LogP contribution is 2.45. The summed E-state index contributed by atoms with van der Waals surface area (Å²) in [5, 5.41) is 8.93. The SMILES string of the molecule is Cn1cncc1-c1c[nH]c2c(=O)n(-c3ccccc3)cc(C3CC3)c12.Cn1cnnc1C1CCC1. The highest BCUT2D eigenvalue weighted by molar-refractivity contribution is 5.97. The van der Waals surface area contributed by atoms with E-state index >= 15 is 0 Å². The summed E-state index contributed by atoms with van der Waals surface area (Å²) in [6, 6.07) is 9.81. The van der Waals surface area contributed by atoms with Crippen molar-refractivity contribution in [2.45, 2.75) is 43.9 Å². The first-order valence-corrected chi connectivity index (χ1v) is 12.2. The summed E-state index contributed by atoms with van der Waals surface area (Å²) in [5.41, 5.74) is 4.87. The third-order valence-electron chi connectivity index (χ3n) is 7.23. The largest absolute Gasteiger partial charge is 0.356 e. The summed E-state index contributed by atoms with van der Waals surface area (Å²) in [4.78, 5) is 20.6. The lowest BCUT2D eigenvalue weighted by atomic mass is 9.85. The number of hydrogen-bond acceptors (Lipinski definition) is 4. The van der Waals surface area contributed by atoms with E-state index in [1.165, 1.54) is 37.7 Å². The molecule has 0 bridgehead atoms. The molecule has 0 atom stereocenters. The summed E-state index contributed by atoms with van der Waals surface area (Å²) in [6.45, 7) is 0. The van der Waals surface area contributed by atoms with Crippen molar-refractivity contribution < 1.29 is 0 Å². The van der Waals surface area contributed by atoms with Crippen LogP contribution < -0.4 is 5.56 Å². The van der Waals surface area contributed by atoms with Gasteiger partial charge in [0.25, 0.3) is 5.56 Å². The summed E-state index contributed by atoms with van der Waals surface area (Å²) in [5.74, 6) is 2.39. The quantitative estimate of drug-likeness (QED) is 0.416. The van der Waals surface area contributed by atoms with Crippen LogP contribution in [0.25, 0.3) is 27.8 Å². The summed E-state index contributed by atoms with van der Waals surface area (Å²) in [7, 11) is 3.98. The van der Waals surface area contributed by atoms with E-state index in [9.17, 15) is 4.79 Å². The molecule has 1 N–H and O–H groups in total. The summed E-state index contributed by atoms with van der Waals surface area (Å²) < 4.78 is 5.77. The van der Waals surface area contributed by atoms with Gasteiger partial charge in [0.1, 0.15) is 17.7 Å². The minimum atomic E-state index is -0.0148. The van der Waals surface area contributed by atoms with Crippen LogP contribution in [0.3, 0.4) is 0 Å². The van der Waals surface area contributed by atoms with E-state index in [0.29, 0.717) is 17.4 Å². The molecule has 178 valence electrons. The standard InChI is InChI=1S/C20H18N4O.C7H11N3/c1-23-12-21-10-17(23)15-9-22-19-18(15)16(13-7-8-13)11-24(20(19)25)14-5-3-2-4-6-14;1-10-5-8-9-7(10)6-3-2-4-6/h2-6,9-13,22H,7-8H2,1H3;5-6H,2-4H2,1H3. The molecule has 0 radical (unpaired) electrons. The Morgan fingerprint density at radius 1 is 0.971 bits per heavy atom. The van der Waals surface area contributed by atoms with Crippen LogP contribution in [0.2, 0.25) is 0 Å². The molecule has 0 amide bonds. The molecule has 2 aliphatic rings. The van der Waals surface area contributed by atoms with Crippen LogP contribution >= 0.6 is 0 Å². The second-order valence-corrected chi connectivity index (χ2v) is 9.64. The fourth-order valence-corrected chi connectivity index (χ4v) is 4.91. The summed E-state index contributed by atoms with van der Waals surface area (Å²) in [6.07, 6.45) is 15.7. The Morgan fingerprint density at radius 3 is 2.37 bits per heavy atom. The van der Waals surface area contributed by atoms with E-state index in [4.69, 9.17) is 0 Å². The molecule has 35 heavy (non-hydrogen) atoms.